The third-order valence-electron chi connectivity index (χ3n) is 8.11. The molecule has 1 aliphatic heterocycles. The molecule has 1 spiro atoms. The van der Waals surface area contributed by atoms with Crippen LogP contribution in [0.5, 0.6) is 11.5 Å². The summed E-state index contributed by atoms with van der Waals surface area (Å²) in [7, 11) is 0. The van der Waals surface area contributed by atoms with Crippen LogP contribution in [0.3, 0.4) is 0 Å². The molecule has 3 N–H and O–H groups in total. The zero-order valence-corrected chi connectivity index (χ0v) is 23.6. The Morgan fingerprint density at radius 1 is 1.05 bits per heavy atom. The van der Waals surface area contributed by atoms with E-state index in [4.69, 9.17) is 20.2 Å². The van der Waals surface area contributed by atoms with Gasteiger partial charge in [-0.3, -0.25) is 14.2 Å². The van der Waals surface area contributed by atoms with Crippen molar-refractivity contribution < 1.29 is 29.2 Å². The van der Waals surface area contributed by atoms with Crippen LogP contribution in [0, 0.1) is 5.41 Å². The quantitative estimate of drug-likeness (QED) is 0.194. The van der Waals surface area contributed by atoms with E-state index in [2.05, 4.69) is 4.98 Å². The van der Waals surface area contributed by atoms with Crippen molar-refractivity contribution in [2.75, 3.05) is 18.8 Å². The highest BCUT2D eigenvalue weighted by atomic mass is 17.2. The molecule has 0 atom stereocenters. The number of phenols is 1. The molecule has 1 saturated carbocycles. The SMILES string of the molecule is CC(C)(C)OC(=O)N1CCC2(CCC(n3cnc4ccc(OOC(=O)c5cc(O)ccc5N)cc4c3=O)CC2)CC1. The van der Waals surface area contributed by atoms with Gasteiger partial charge in [-0.05, 0) is 95.0 Å². The Balaban J connectivity index is 1.23. The smallest absolute Gasteiger partial charge is 0.410 e. The number of ether oxygens (including phenoxy) is 1. The number of piperidine rings is 1. The van der Waals surface area contributed by atoms with Gasteiger partial charge in [0.15, 0.2) is 5.75 Å². The van der Waals surface area contributed by atoms with Crippen LogP contribution < -0.4 is 16.2 Å². The number of aromatic hydroxyl groups is 1. The van der Waals surface area contributed by atoms with Crippen molar-refractivity contribution in [2.24, 2.45) is 5.41 Å². The molecule has 5 rings (SSSR count). The summed E-state index contributed by atoms with van der Waals surface area (Å²) in [6.45, 7) is 6.99. The highest BCUT2D eigenvalue weighted by Gasteiger charge is 2.40. The molecule has 2 fully saturated rings. The highest BCUT2D eigenvalue weighted by Crippen LogP contribution is 2.47. The molecule has 11 nitrogen and oxygen atoms in total. The number of hydrogen-bond acceptors (Lipinski definition) is 9. The molecule has 41 heavy (non-hydrogen) atoms. The van der Waals surface area contributed by atoms with Gasteiger partial charge >= 0.3 is 12.1 Å². The Morgan fingerprint density at radius 2 is 1.76 bits per heavy atom. The first-order valence-electron chi connectivity index (χ1n) is 13.9. The van der Waals surface area contributed by atoms with Crippen molar-refractivity contribution in [3.05, 3.63) is 58.6 Å². The summed E-state index contributed by atoms with van der Waals surface area (Å²) in [5, 5.41) is 9.97. The number of nitrogens with zero attached hydrogens (tertiary/aromatic N) is 3. The Kier molecular flexibility index (Phi) is 7.54. The highest BCUT2D eigenvalue weighted by molar-refractivity contribution is 5.95. The number of anilines is 1. The number of phenolic OH excluding ortho intramolecular Hbond substituents is 1. The molecular formula is C30H36N4O7. The van der Waals surface area contributed by atoms with Crippen LogP contribution in [-0.4, -0.2) is 50.3 Å². The van der Waals surface area contributed by atoms with E-state index in [9.17, 15) is 19.5 Å². The van der Waals surface area contributed by atoms with Crippen LogP contribution in [0.4, 0.5) is 10.5 Å². The second kappa shape index (κ2) is 10.9. The summed E-state index contributed by atoms with van der Waals surface area (Å²) < 4.78 is 7.22. The van der Waals surface area contributed by atoms with E-state index in [1.807, 2.05) is 20.8 Å². The van der Waals surface area contributed by atoms with Gasteiger partial charge in [0.05, 0.1) is 22.8 Å². The third-order valence-corrected chi connectivity index (χ3v) is 8.11. The zero-order chi connectivity index (χ0) is 29.4. The van der Waals surface area contributed by atoms with Gasteiger partial charge in [0, 0.05) is 30.9 Å². The molecule has 0 bridgehead atoms. The molecule has 1 saturated heterocycles. The van der Waals surface area contributed by atoms with Gasteiger partial charge < -0.3 is 20.5 Å². The van der Waals surface area contributed by atoms with E-state index >= 15 is 0 Å². The van der Waals surface area contributed by atoms with E-state index < -0.39 is 11.6 Å². The number of nitrogen functional groups attached to an aromatic ring is 1. The molecular weight excluding hydrogens is 528 g/mol. The first-order chi connectivity index (χ1) is 19.4. The number of rotatable bonds is 4. The fourth-order valence-electron chi connectivity index (χ4n) is 5.76. The van der Waals surface area contributed by atoms with E-state index in [0.29, 0.717) is 24.0 Å². The fraction of sp³-hybridized carbons (Fsp3) is 0.467. The van der Waals surface area contributed by atoms with Gasteiger partial charge in [0.1, 0.15) is 11.4 Å². The summed E-state index contributed by atoms with van der Waals surface area (Å²) in [5.41, 5.74) is 5.85. The van der Waals surface area contributed by atoms with Crippen molar-refractivity contribution in [1.29, 1.82) is 0 Å². The van der Waals surface area contributed by atoms with Crippen molar-refractivity contribution in [3.63, 3.8) is 0 Å². The summed E-state index contributed by atoms with van der Waals surface area (Å²) >= 11 is 0. The summed E-state index contributed by atoms with van der Waals surface area (Å²) in [4.78, 5) is 54.7. The van der Waals surface area contributed by atoms with Crippen LogP contribution in [0.25, 0.3) is 10.9 Å². The second-order valence-electron chi connectivity index (χ2n) is 12.1. The largest absolute Gasteiger partial charge is 0.508 e. The number of fused-ring (bicyclic) bond motifs is 1. The molecule has 2 aromatic carbocycles. The minimum atomic E-state index is -0.879. The molecule has 218 valence electrons. The average Bonchev–Trinajstić information content (AvgIpc) is 2.93. The number of likely N-dealkylation sites (tertiary alicyclic amines) is 1. The first-order valence-corrected chi connectivity index (χ1v) is 13.9. The monoisotopic (exact) mass is 564 g/mol. The predicted octanol–water partition coefficient (Wildman–Crippen LogP) is 4.97. The van der Waals surface area contributed by atoms with Crippen LogP contribution in [0.15, 0.2) is 47.5 Å². The molecule has 0 unspecified atom stereocenters. The maximum Gasteiger partial charge on any atom is 0.410 e. The number of carbonyl (C=O) groups excluding carboxylic acids is 2. The second-order valence-corrected chi connectivity index (χ2v) is 12.1. The zero-order valence-electron chi connectivity index (χ0n) is 23.6. The molecule has 0 radical (unpaired) electrons. The maximum absolute atomic E-state index is 13.5. The van der Waals surface area contributed by atoms with Crippen molar-refractivity contribution in [3.8, 4) is 11.5 Å². The number of amides is 1. The van der Waals surface area contributed by atoms with Crippen LogP contribution >= 0.6 is 0 Å². The predicted molar refractivity (Wildman–Crippen MR) is 152 cm³/mol. The normalized spacial score (nSPS) is 17.4. The molecule has 1 aromatic heterocycles. The number of benzene rings is 2. The molecule has 2 heterocycles. The van der Waals surface area contributed by atoms with Crippen LogP contribution in [0.2, 0.25) is 0 Å². The first kappa shape index (κ1) is 28.3. The van der Waals surface area contributed by atoms with Gasteiger partial charge in [-0.25, -0.2) is 19.5 Å². The maximum atomic E-state index is 13.5. The Bertz CT molecular complexity index is 1510. The number of carbonyl (C=O) groups is 2. The fourth-order valence-corrected chi connectivity index (χ4v) is 5.76. The third kappa shape index (κ3) is 6.23. The van der Waals surface area contributed by atoms with Crippen molar-refractivity contribution in [2.45, 2.75) is 70.9 Å². The van der Waals surface area contributed by atoms with Gasteiger partial charge in [0.25, 0.3) is 5.56 Å². The lowest BCUT2D eigenvalue weighted by atomic mass is 9.67. The van der Waals surface area contributed by atoms with E-state index in [-0.39, 0.29) is 45.9 Å². The van der Waals surface area contributed by atoms with E-state index in [0.717, 1.165) is 38.5 Å². The lowest BCUT2D eigenvalue weighted by Crippen LogP contribution is -2.46. The summed E-state index contributed by atoms with van der Waals surface area (Å²) in [6, 6.07) is 8.61. The number of nitrogens with two attached hydrogens (primary N) is 1. The lowest BCUT2D eigenvalue weighted by Gasteiger charge is -2.46. The average molecular weight is 565 g/mol. The minimum absolute atomic E-state index is 0.0186. The van der Waals surface area contributed by atoms with Crippen molar-refractivity contribution in [1.82, 2.24) is 14.5 Å². The molecule has 1 amide bonds. The molecule has 2 aliphatic rings. The van der Waals surface area contributed by atoms with Gasteiger partial charge in [-0.1, -0.05) is 0 Å². The minimum Gasteiger partial charge on any atom is -0.508 e. The standard InChI is InChI=1S/C30H36N4O7/c1-29(2,3)39-28(38)33-14-12-30(13-15-33)10-8-19(9-11-30)34-18-32-25-7-5-21(17-23(25)26(34)36)40-41-27(37)22-16-20(35)4-6-24(22)31/h4-7,16-19,35H,8-15,31H2,1-3H3. The number of hydrogen-bond donors (Lipinski definition) is 2. The Hall–Kier alpha value is -4.28. The molecule has 3 aromatic rings. The van der Waals surface area contributed by atoms with Crippen molar-refractivity contribution >= 4 is 28.7 Å². The molecule has 11 heteroatoms. The van der Waals surface area contributed by atoms with Gasteiger partial charge in [0.2, 0.25) is 0 Å². The molecule has 1 aliphatic carbocycles. The van der Waals surface area contributed by atoms with Crippen LogP contribution in [-0.2, 0) is 9.62 Å². The van der Waals surface area contributed by atoms with Gasteiger partial charge in [-0.2, -0.15) is 0 Å². The lowest BCUT2D eigenvalue weighted by molar-refractivity contribution is -0.149. The van der Waals surface area contributed by atoms with E-state index in [1.54, 1.807) is 27.9 Å². The van der Waals surface area contributed by atoms with E-state index in [1.165, 1.54) is 24.3 Å². The number of aromatic nitrogens is 2. The Morgan fingerprint density at radius 3 is 2.44 bits per heavy atom. The summed E-state index contributed by atoms with van der Waals surface area (Å²) in [5.74, 6) is -0.862. The van der Waals surface area contributed by atoms with Crippen LogP contribution in [0.1, 0.15) is 75.7 Å². The Labute approximate surface area is 237 Å². The summed E-state index contributed by atoms with van der Waals surface area (Å²) in [6.07, 6.45) is 6.84. The topological polar surface area (TPSA) is 146 Å². The van der Waals surface area contributed by atoms with Gasteiger partial charge in [-0.15, -0.1) is 0 Å².